The second-order valence-electron chi connectivity index (χ2n) is 4.80. The first-order valence-electron chi connectivity index (χ1n) is 6.43. The second-order valence-corrected chi connectivity index (χ2v) is 4.80. The first-order chi connectivity index (χ1) is 8.74. The summed E-state index contributed by atoms with van der Waals surface area (Å²) < 4.78 is 5.48. The molecule has 0 aliphatic heterocycles. The van der Waals surface area contributed by atoms with Gasteiger partial charge in [0.1, 0.15) is 5.75 Å². The average molecular weight is 248 g/mol. The third-order valence-corrected chi connectivity index (χ3v) is 3.45. The van der Waals surface area contributed by atoms with Gasteiger partial charge in [-0.2, -0.15) is 0 Å². The van der Waals surface area contributed by atoms with Crippen molar-refractivity contribution in [2.24, 2.45) is 5.73 Å². The van der Waals surface area contributed by atoms with Crippen LogP contribution in [-0.4, -0.2) is 24.6 Å². The van der Waals surface area contributed by atoms with Crippen LogP contribution in [0.4, 0.5) is 0 Å². The van der Waals surface area contributed by atoms with Crippen LogP contribution >= 0.6 is 0 Å². The number of benzene rings is 1. The summed E-state index contributed by atoms with van der Waals surface area (Å²) in [4.78, 5) is 11.8. The van der Waals surface area contributed by atoms with E-state index in [9.17, 15) is 4.79 Å². The molecule has 1 aromatic carbocycles. The van der Waals surface area contributed by atoms with Gasteiger partial charge in [-0.15, -0.1) is 0 Å². The standard InChI is InChI=1S/C14H20N2O2/c15-11-14(8-4-9-14)16-13(17)7-10-18-12-5-2-1-3-6-12/h1-3,5-6H,4,7-11,15H2,(H,16,17). The van der Waals surface area contributed by atoms with Gasteiger partial charge < -0.3 is 15.8 Å². The molecule has 1 aromatic rings. The molecule has 0 saturated heterocycles. The monoisotopic (exact) mass is 248 g/mol. The molecule has 0 bridgehead atoms. The molecule has 4 heteroatoms. The van der Waals surface area contributed by atoms with Crippen molar-refractivity contribution in [1.82, 2.24) is 5.32 Å². The Hall–Kier alpha value is -1.55. The highest BCUT2D eigenvalue weighted by Gasteiger charge is 2.36. The van der Waals surface area contributed by atoms with Crippen molar-refractivity contribution in [3.05, 3.63) is 30.3 Å². The van der Waals surface area contributed by atoms with Gasteiger partial charge in [-0.1, -0.05) is 18.2 Å². The summed E-state index contributed by atoms with van der Waals surface area (Å²) in [6, 6.07) is 9.51. The molecular formula is C14H20N2O2. The second kappa shape index (κ2) is 5.87. The molecule has 1 amide bonds. The zero-order valence-electron chi connectivity index (χ0n) is 10.5. The highest BCUT2D eigenvalue weighted by Crippen LogP contribution is 2.30. The highest BCUT2D eigenvalue weighted by atomic mass is 16.5. The molecule has 0 spiro atoms. The van der Waals surface area contributed by atoms with Crippen LogP contribution in [0.5, 0.6) is 5.75 Å². The molecule has 0 unspecified atom stereocenters. The molecule has 3 N–H and O–H groups in total. The molecule has 0 radical (unpaired) electrons. The Kier molecular flexibility index (Phi) is 4.20. The van der Waals surface area contributed by atoms with E-state index in [0.717, 1.165) is 25.0 Å². The zero-order chi connectivity index (χ0) is 12.8. The summed E-state index contributed by atoms with van der Waals surface area (Å²) in [5, 5.41) is 3.02. The molecule has 18 heavy (non-hydrogen) atoms. The molecule has 1 aliphatic rings. The number of nitrogens with one attached hydrogen (secondary N) is 1. The fourth-order valence-corrected chi connectivity index (χ4v) is 2.12. The van der Waals surface area contributed by atoms with E-state index in [1.165, 1.54) is 0 Å². The summed E-state index contributed by atoms with van der Waals surface area (Å²) in [5.74, 6) is 0.818. The van der Waals surface area contributed by atoms with Gasteiger partial charge in [0, 0.05) is 6.54 Å². The van der Waals surface area contributed by atoms with Crippen LogP contribution in [0.25, 0.3) is 0 Å². The number of amides is 1. The van der Waals surface area contributed by atoms with Gasteiger partial charge in [0.2, 0.25) is 5.91 Å². The number of hydrogen-bond acceptors (Lipinski definition) is 3. The molecule has 0 atom stereocenters. The van der Waals surface area contributed by atoms with E-state index in [1.807, 2.05) is 30.3 Å². The lowest BCUT2D eigenvalue weighted by atomic mass is 9.77. The van der Waals surface area contributed by atoms with E-state index >= 15 is 0 Å². The van der Waals surface area contributed by atoms with Crippen molar-refractivity contribution in [1.29, 1.82) is 0 Å². The molecule has 0 aromatic heterocycles. The van der Waals surface area contributed by atoms with E-state index in [-0.39, 0.29) is 11.4 Å². The lowest BCUT2D eigenvalue weighted by Gasteiger charge is -2.41. The molecule has 98 valence electrons. The van der Waals surface area contributed by atoms with E-state index in [4.69, 9.17) is 10.5 Å². The summed E-state index contributed by atoms with van der Waals surface area (Å²) in [6.07, 6.45) is 3.51. The molecule has 0 heterocycles. The molecular weight excluding hydrogens is 228 g/mol. The van der Waals surface area contributed by atoms with Gasteiger partial charge in [-0.05, 0) is 31.4 Å². The summed E-state index contributed by atoms with van der Waals surface area (Å²) in [7, 11) is 0. The zero-order valence-corrected chi connectivity index (χ0v) is 10.5. The largest absolute Gasteiger partial charge is 0.493 e. The molecule has 1 saturated carbocycles. The van der Waals surface area contributed by atoms with Gasteiger partial charge in [0.15, 0.2) is 0 Å². The van der Waals surface area contributed by atoms with Crippen LogP contribution in [0.1, 0.15) is 25.7 Å². The van der Waals surface area contributed by atoms with Gasteiger partial charge in [-0.3, -0.25) is 4.79 Å². The first kappa shape index (κ1) is 12.9. The average Bonchev–Trinajstić information content (AvgIpc) is 2.35. The Morgan fingerprint density at radius 1 is 1.33 bits per heavy atom. The first-order valence-corrected chi connectivity index (χ1v) is 6.43. The summed E-state index contributed by atoms with van der Waals surface area (Å²) in [5.41, 5.74) is 5.56. The minimum Gasteiger partial charge on any atom is -0.493 e. The van der Waals surface area contributed by atoms with Gasteiger partial charge in [0.25, 0.3) is 0 Å². The Morgan fingerprint density at radius 3 is 2.61 bits per heavy atom. The Bertz CT molecular complexity index is 383. The van der Waals surface area contributed by atoms with Gasteiger partial charge in [0.05, 0.1) is 18.6 Å². The predicted molar refractivity (Wildman–Crippen MR) is 70.3 cm³/mol. The van der Waals surface area contributed by atoms with Crippen molar-refractivity contribution >= 4 is 5.91 Å². The summed E-state index contributed by atoms with van der Waals surface area (Å²) >= 11 is 0. The SMILES string of the molecule is NCC1(NC(=O)CCOc2ccccc2)CCC1. The maximum absolute atomic E-state index is 11.8. The fraction of sp³-hybridized carbons (Fsp3) is 0.500. The minimum atomic E-state index is -0.135. The number of carbonyl (C=O) groups excluding carboxylic acids is 1. The lowest BCUT2D eigenvalue weighted by Crippen LogP contribution is -2.58. The normalized spacial score (nSPS) is 16.7. The number of ether oxygens (including phenoxy) is 1. The van der Waals surface area contributed by atoms with Crippen LogP contribution < -0.4 is 15.8 Å². The molecule has 2 rings (SSSR count). The number of carbonyl (C=O) groups is 1. The number of hydrogen-bond donors (Lipinski definition) is 2. The topological polar surface area (TPSA) is 64.3 Å². The van der Waals surface area contributed by atoms with Crippen LogP contribution in [0.2, 0.25) is 0 Å². The van der Waals surface area contributed by atoms with E-state index in [2.05, 4.69) is 5.32 Å². The fourth-order valence-electron chi connectivity index (χ4n) is 2.12. The third-order valence-electron chi connectivity index (χ3n) is 3.45. The molecule has 1 fully saturated rings. The Labute approximate surface area is 108 Å². The number of nitrogens with two attached hydrogens (primary N) is 1. The minimum absolute atomic E-state index is 0.0241. The van der Waals surface area contributed by atoms with E-state index in [1.54, 1.807) is 0 Å². The Balaban J connectivity index is 1.69. The highest BCUT2D eigenvalue weighted by molar-refractivity contribution is 5.77. The van der Waals surface area contributed by atoms with Crippen molar-refractivity contribution in [2.45, 2.75) is 31.2 Å². The van der Waals surface area contributed by atoms with Crippen LogP contribution in [0.15, 0.2) is 30.3 Å². The summed E-state index contributed by atoms with van der Waals surface area (Å²) in [6.45, 7) is 0.925. The van der Waals surface area contributed by atoms with Crippen LogP contribution in [0.3, 0.4) is 0 Å². The van der Waals surface area contributed by atoms with E-state index < -0.39 is 0 Å². The van der Waals surface area contributed by atoms with Crippen molar-refractivity contribution in [3.63, 3.8) is 0 Å². The van der Waals surface area contributed by atoms with Crippen molar-refractivity contribution in [2.75, 3.05) is 13.2 Å². The molecule has 4 nitrogen and oxygen atoms in total. The van der Waals surface area contributed by atoms with Crippen LogP contribution in [0, 0.1) is 0 Å². The Morgan fingerprint density at radius 2 is 2.06 bits per heavy atom. The molecule has 1 aliphatic carbocycles. The van der Waals surface area contributed by atoms with Crippen molar-refractivity contribution in [3.8, 4) is 5.75 Å². The number of para-hydroxylation sites is 1. The smallest absolute Gasteiger partial charge is 0.223 e. The lowest BCUT2D eigenvalue weighted by molar-refractivity contribution is -0.124. The van der Waals surface area contributed by atoms with Gasteiger partial charge in [-0.25, -0.2) is 0 Å². The maximum Gasteiger partial charge on any atom is 0.223 e. The quantitative estimate of drug-likeness (QED) is 0.801. The number of rotatable bonds is 6. The van der Waals surface area contributed by atoms with Gasteiger partial charge >= 0.3 is 0 Å². The predicted octanol–water partition coefficient (Wildman–Crippen LogP) is 1.45. The third kappa shape index (κ3) is 3.23. The van der Waals surface area contributed by atoms with Crippen molar-refractivity contribution < 1.29 is 9.53 Å². The maximum atomic E-state index is 11.8. The van der Waals surface area contributed by atoms with E-state index in [0.29, 0.717) is 19.6 Å². The van der Waals surface area contributed by atoms with Crippen LogP contribution in [-0.2, 0) is 4.79 Å².